The molecule has 2 heterocycles. The Kier molecular flexibility index (Phi) is 6.61. The summed E-state index contributed by atoms with van der Waals surface area (Å²) in [6.45, 7) is 6.54. The van der Waals surface area contributed by atoms with Gasteiger partial charge in [-0.25, -0.2) is 4.79 Å². The van der Waals surface area contributed by atoms with Gasteiger partial charge in [-0.15, -0.1) is 0 Å². The highest BCUT2D eigenvalue weighted by atomic mass is 16.4. The third-order valence-corrected chi connectivity index (χ3v) is 3.79. The summed E-state index contributed by atoms with van der Waals surface area (Å²) in [7, 11) is 1.76. The molecule has 0 radical (unpaired) electrons. The zero-order valence-electron chi connectivity index (χ0n) is 13.5. The monoisotopic (exact) mass is 314 g/mol. The first-order valence-electron chi connectivity index (χ1n) is 7.45. The Bertz CT molecular complexity index is 417. The molecular weight excluding hydrogens is 288 g/mol. The summed E-state index contributed by atoms with van der Waals surface area (Å²) in [4.78, 5) is 35.9. The Labute approximate surface area is 130 Å². The first kappa shape index (κ1) is 18.2. The number of hydrogen-bond donors (Lipinski definition) is 3. The number of rotatable bonds is 3. The van der Waals surface area contributed by atoms with E-state index in [9.17, 15) is 9.59 Å². The van der Waals surface area contributed by atoms with Crippen molar-refractivity contribution < 1.29 is 19.5 Å². The van der Waals surface area contributed by atoms with Crippen LogP contribution in [0.2, 0.25) is 0 Å². The number of urea groups is 1. The fourth-order valence-electron chi connectivity index (χ4n) is 2.50. The van der Waals surface area contributed by atoms with Gasteiger partial charge < -0.3 is 25.5 Å². The summed E-state index contributed by atoms with van der Waals surface area (Å²) in [5, 5.41) is 13.8. The van der Waals surface area contributed by atoms with E-state index in [1.807, 2.05) is 0 Å². The van der Waals surface area contributed by atoms with E-state index in [2.05, 4.69) is 17.6 Å². The first-order valence-corrected chi connectivity index (χ1v) is 7.45. The zero-order valence-corrected chi connectivity index (χ0v) is 13.5. The van der Waals surface area contributed by atoms with Crippen molar-refractivity contribution in [1.29, 1.82) is 0 Å². The third-order valence-electron chi connectivity index (χ3n) is 3.79. The molecule has 0 aromatic heterocycles. The molecule has 2 rings (SSSR count). The van der Waals surface area contributed by atoms with Gasteiger partial charge in [0.15, 0.2) is 0 Å². The van der Waals surface area contributed by atoms with Gasteiger partial charge in [-0.3, -0.25) is 9.59 Å². The van der Waals surface area contributed by atoms with E-state index in [-0.39, 0.29) is 24.0 Å². The number of carboxylic acid groups (broad SMARTS) is 1. The van der Waals surface area contributed by atoms with E-state index < -0.39 is 5.97 Å². The van der Waals surface area contributed by atoms with Crippen molar-refractivity contribution in [2.24, 2.45) is 0 Å². The normalized spacial score (nSPS) is 20.2. The Morgan fingerprint density at radius 2 is 1.86 bits per heavy atom. The molecule has 0 unspecified atom stereocenters. The molecule has 0 bridgehead atoms. The van der Waals surface area contributed by atoms with Crippen molar-refractivity contribution in [3.63, 3.8) is 0 Å². The molecule has 3 N–H and O–H groups in total. The van der Waals surface area contributed by atoms with E-state index in [0.29, 0.717) is 13.1 Å². The largest absolute Gasteiger partial charge is 0.481 e. The van der Waals surface area contributed by atoms with E-state index in [4.69, 9.17) is 9.90 Å². The summed E-state index contributed by atoms with van der Waals surface area (Å²) in [5.74, 6) is -0.886. The first-order chi connectivity index (χ1) is 10.2. The number of nitrogens with one attached hydrogen (secondary N) is 2. The second kappa shape index (κ2) is 7.98. The Balaban J connectivity index is 0.000000541. The molecule has 126 valence electrons. The molecule has 0 aromatic carbocycles. The second-order valence-corrected chi connectivity index (χ2v) is 6.00. The lowest BCUT2D eigenvalue weighted by atomic mass is 9.90. The van der Waals surface area contributed by atoms with E-state index in [1.165, 1.54) is 0 Å². The molecule has 3 amide bonds. The predicted octanol–water partition coefficient (Wildman–Crippen LogP) is -0.297. The molecule has 0 aromatic rings. The molecule has 2 saturated heterocycles. The molecule has 0 spiro atoms. The number of carbonyl (C=O) groups excluding carboxylic acids is 2. The van der Waals surface area contributed by atoms with Crippen LogP contribution in [-0.4, -0.2) is 78.1 Å². The van der Waals surface area contributed by atoms with Crippen LogP contribution in [0.5, 0.6) is 0 Å². The number of piperidine rings is 1. The molecule has 8 nitrogen and oxygen atoms in total. The van der Waals surface area contributed by atoms with Gasteiger partial charge in [0.25, 0.3) is 5.97 Å². The number of hydrogen-bond acceptors (Lipinski definition) is 4. The quantitative estimate of drug-likeness (QED) is 0.664. The highest BCUT2D eigenvalue weighted by Crippen LogP contribution is 2.17. The van der Waals surface area contributed by atoms with Crippen LogP contribution in [0.3, 0.4) is 0 Å². The minimum absolute atomic E-state index is 0.0527. The topological polar surface area (TPSA) is 102 Å². The summed E-state index contributed by atoms with van der Waals surface area (Å²) >= 11 is 0. The minimum atomic E-state index is -0.833. The van der Waals surface area contributed by atoms with Crippen LogP contribution < -0.4 is 10.6 Å². The van der Waals surface area contributed by atoms with E-state index in [0.717, 1.165) is 32.9 Å². The smallest absolute Gasteiger partial charge is 0.320 e. The third kappa shape index (κ3) is 5.88. The molecule has 0 aliphatic carbocycles. The van der Waals surface area contributed by atoms with Crippen LogP contribution in [0.4, 0.5) is 4.79 Å². The zero-order chi connectivity index (χ0) is 16.8. The van der Waals surface area contributed by atoms with Gasteiger partial charge in [-0.1, -0.05) is 0 Å². The van der Waals surface area contributed by atoms with Crippen molar-refractivity contribution in [3.8, 4) is 0 Å². The van der Waals surface area contributed by atoms with Gasteiger partial charge in [0.05, 0.1) is 0 Å². The molecular formula is C14H26N4O4. The van der Waals surface area contributed by atoms with Gasteiger partial charge >= 0.3 is 6.03 Å². The lowest BCUT2D eigenvalue weighted by Gasteiger charge is -2.35. The SMILES string of the molecule is CC(=O)O.CN1CCN(CC(=O)NC2(C)CCNCC2)C1=O. The maximum absolute atomic E-state index is 12.0. The molecule has 22 heavy (non-hydrogen) atoms. The van der Waals surface area contributed by atoms with Crippen LogP contribution in [0.1, 0.15) is 26.7 Å². The fraction of sp³-hybridized carbons (Fsp3) is 0.786. The highest BCUT2D eigenvalue weighted by Gasteiger charge is 2.31. The fourth-order valence-corrected chi connectivity index (χ4v) is 2.50. The van der Waals surface area contributed by atoms with Gasteiger partial charge in [0.1, 0.15) is 6.54 Å². The van der Waals surface area contributed by atoms with Crippen molar-refractivity contribution in [2.45, 2.75) is 32.2 Å². The molecule has 0 atom stereocenters. The summed E-state index contributed by atoms with van der Waals surface area (Å²) < 4.78 is 0. The maximum atomic E-state index is 12.0. The number of likely N-dealkylation sites (N-methyl/N-ethyl adjacent to an activating group) is 1. The van der Waals surface area contributed by atoms with Gasteiger partial charge in [0, 0.05) is 32.6 Å². The standard InChI is InChI=1S/C12H22N4O2.C2H4O2/c1-12(3-5-13-6-4-12)14-10(17)9-16-8-7-15(2)11(16)18;1-2(3)4/h13H,3-9H2,1-2H3,(H,14,17);1H3,(H,3,4). The van der Waals surface area contributed by atoms with Crippen LogP contribution >= 0.6 is 0 Å². The van der Waals surface area contributed by atoms with E-state index >= 15 is 0 Å². The van der Waals surface area contributed by atoms with Gasteiger partial charge in [-0.05, 0) is 32.9 Å². The maximum Gasteiger partial charge on any atom is 0.320 e. The average Bonchev–Trinajstić information content (AvgIpc) is 2.70. The van der Waals surface area contributed by atoms with Crippen molar-refractivity contribution in [1.82, 2.24) is 20.4 Å². The molecule has 2 aliphatic rings. The van der Waals surface area contributed by atoms with Crippen molar-refractivity contribution >= 4 is 17.9 Å². The Hall–Kier alpha value is -1.83. The number of carbonyl (C=O) groups is 3. The van der Waals surface area contributed by atoms with Crippen LogP contribution in [0, 0.1) is 0 Å². The number of carboxylic acids is 1. The molecule has 2 fully saturated rings. The Morgan fingerprint density at radius 1 is 1.32 bits per heavy atom. The molecule has 8 heteroatoms. The summed E-state index contributed by atoms with van der Waals surface area (Å²) in [5.41, 5.74) is -0.128. The average molecular weight is 314 g/mol. The van der Waals surface area contributed by atoms with Crippen LogP contribution in [0.25, 0.3) is 0 Å². The van der Waals surface area contributed by atoms with Crippen LogP contribution in [-0.2, 0) is 9.59 Å². The highest BCUT2D eigenvalue weighted by molar-refractivity contribution is 5.85. The number of amides is 3. The summed E-state index contributed by atoms with van der Waals surface area (Å²) in [6.07, 6.45) is 1.87. The predicted molar refractivity (Wildman–Crippen MR) is 81.6 cm³/mol. The van der Waals surface area contributed by atoms with Gasteiger partial charge in [-0.2, -0.15) is 0 Å². The van der Waals surface area contributed by atoms with Crippen molar-refractivity contribution in [2.75, 3.05) is 39.8 Å². The van der Waals surface area contributed by atoms with Crippen molar-refractivity contribution in [3.05, 3.63) is 0 Å². The minimum Gasteiger partial charge on any atom is -0.481 e. The van der Waals surface area contributed by atoms with Crippen LogP contribution in [0.15, 0.2) is 0 Å². The lowest BCUT2D eigenvalue weighted by molar-refractivity contribution is -0.134. The van der Waals surface area contributed by atoms with Gasteiger partial charge in [0.2, 0.25) is 5.91 Å². The molecule has 0 saturated carbocycles. The molecule has 2 aliphatic heterocycles. The number of nitrogens with zero attached hydrogens (tertiary/aromatic N) is 2. The second-order valence-electron chi connectivity index (χ2n) is 6.00. The Morgan fingerprint density at radius 3 is 2.32 bits per heavy atom. The summed E-state index contributed by atoms with van der Waals surface area (Å²) in [6, 6.07) is -0.0550. The number of aliphatic carboxylic acids is 1. The van der Waals surface area contributed by atoms with E-state index in [1.54, 1.807) is 16.8 Å². The lowest BCUT2D eigenvalue weighted by Crippen LogP contribution is -2.54.